The van der Waals surface area contributed by atoms with Gasteiger partial charge in [-0.25, -0.2) is 9.59 Å². The van der Waals surface area contributed by atoms with E-state index in [0.717, 1.165) is 0 Å². The highest BCUT2D eigenvalue weighted by atomic mass is 16.4. The van der Waals surface area contributed by atoms with E-state index in [4.69, 9.17) is 27.4 Å². The molecule has 0 radical (unpaired) electrons. The van der Waals surface area contributed by atoms with Crippen LogP contribution in [0.4, 0.5) is 10.5 Å². The van der Waals surface area contributed by atoms with Crippen molar-refractivity contribution < 1.29 is 24.6 Å². The van der Waals surface area contributed by atoms with Gasteiger partial charge in [0.2, 0.25) is 0 Å². The molecular weight excluding hydrogens is 292 g/mol. The van der Waals surface area contributed by atoms with Crippen LogP contribution in [0.2, 0.25) is 0 Å². The lowest BCUT2D eigenvalue weighted by Crippen LogP contribution is -2.33. The monoisotopic (exact) mass is 312 g/mol. The Hall–Kier alpha value is -2.81. The third kappa shape index (κ3) is 9.15. The van der Waals surface area contributed by atoms with Crippen LogP contribution in [-0.2, 0) is 4.79 Å². The number of aliphatic carboxylic acids is 1. The van der Waals surface area contributed by atoms with Crippen molar-refractivity contribution in [3.8, 4) is 0 Å². The summed E-state index contributed by atoms with van der Waals surface area (Å²) in [5.41, 5.74) is 16.1. The molecule has 1 atom stereocenters. The summed E-state index contributed by atoms with van der Waals surface area (Å²) >= 11 is 0. The molecule has 9 heteroatoms. The summed E-state index contributed by atoms with van der Waals surface area (Å²) < 4.78 is 0. The number of carbonyl (C=O) groups excluding carboxylic acids is 1. The van der Waals surface area contributed by atoms with Crippen molar-refractivity contribution in [3.63, 3.8) is 0 Å². The Morgan fingerprint density at radius 2 is 1.68 bits per heavy atom. The number of carboxylic acid groups (broad SMARTS) is 2. The SMILES string of the molecule is NC(=O)NCCC[C@H](N)C(=O)O.Nc1ccc(C(=O)O)cc1. The molecule has 2 amide bonds. The Morgan fingerprint density at radius 1 is 1.14 bits per heavy atom. The fourth-order valence-electron chi connectivity index (χ4n) is 1.28. The van der Waals surface area contributed by atoms with Crippen LogP contribution >= 0.6 is 0 Å². The van der Waals surface area contributed by atoms with E-state index in [0.29, 0.717) is 25.1 Å². The topological polar surface area (TPSA) is 182 Å². The standard InChI is InChI=1S/C7H7NO2.C6H13N3O3/c8-6-3-1-5(2-4-6)7(9)10;7-4(5(10)11)2-1-3-9-6(8)12/h1-4H,8H2,(H,9,10);4H,1-3,7H2,(H,10,11)(H3,8,9,12)/t;4-/m.0/s1. The molecule has 0 aliphatic carbocycles. The van der Waals surface area contributed by atoms with E-state index in [1.165, 1.54) is 12.1 Å². The number of amides is 2. The lowest BCUT2D eigenvalue weighted by atomic mass is 10.2. The summed E-state index contributed by atoms with van der Waals surface area (Å²) in [6, 6.07) is 4.58. The molecule has 0 spiro atoms. The lowest BCUT2D eigenvalue weighted by Gasteiger charge is -2.05. The van der Waals surface area contributed by atoms with Crippen molar-refractivity contribution in [2.24, 2.45) is 11.5 Å². The molecule has 1 aromatic rings. The molecule has 0 aliphatic heterocycles. The molecular formula is C13H20N4O5. The van der Waals surface area contributed by atoms with Gasteiger partial charge in [-0.2, -0.15) is 0 Å². The van der Waals surface area contributed by atoms with Crippen molar-refractivity contribution >= 4 is 23.7 Å². The molecule has 1 rings (SSSR count). The van der Waals surface area contributed by atoms with Crippen LogP contribution in [0.5, 0.6) is 0 Å². The Balaban J connectivity index is 0.000000406. The number of nitrogen functional groups attached to an aromatic ring is 1. The zero-order chi connectivity index (χ0) is 17.1. The molecule has 22 heavy (non-hydrogen) atoms. The third-order valence-electron chi connectivity index (χ3n) is 2.47. The minimum atomic E-state index is -1.03. The first-order chi connectivity index (χ1) is 10.2. The van der Waals surface area contributed by atoms with Gasteiger partial charge in [0.1, 0.15) is 6.04 Å². The van der Waals surface area contributed by atoms with E-state index < -0.39 is 24.0 Å². The van der Waals surface area contributed by atoms with Crippen molar-refractivity contribution in [2.45, 2.75) is 18.9 Å². The Labute approximate surface area is 127 Å². The van der Waals surface area contributed by atoms with E-state index >= 15 is 0 Å². The molecule has 0 saturated heterocycles. The van der Waals surface area contributed by atoms with Gasteiger partial charge in [0, 0.05) is 12.2 Å². The molecule has 0 bridgehead atoms. The molecule has 122 valence electrons. The number of carboxylic acids is 2. The summed E-state index contributed by atoms with van der Waals surface area (Å²) in [6.45, 7) is 0.357. The molecule has 0 fully saturated rings. The molecule has 9 N–H and O–H groups in total. The normalized spacial score (nSPS) is 10.8. The molecule has 0 saturated carbocycles. The number of urea groups is 1. The van der Waals surface area contributed by atoms with Crippen LogP contribution in [0.1, 0.15) is 23.2 Å². The van der Waals surface area contributed by atoms with Crippen molar-refractivity contribution in [1.82, 2.24) is 5.32 Å². The van der Waals surface area contributed by atoms with Gasteiger partial charge in [-0.15, -0.1) is 0 Å². The van der Waals surface area contributed by atoms with Crippen molar-refractivity contribution in [1.29, 1.82) is 0 Å². The molecule has 0 heterocycles. The zero-order valence-electron chi connectivity index (χ0n) is 11.9. The number of nitrogens with one attached hydrogen (secondary N) is 1. The minimum absolute atomic E-state index is 0.259. The van der Waals surface area contributed by atoms with E-state index in [-0.39, 0.29) is 5.56 Å². The number of primary amides is 1. The second-order valence-electron chi connectivity index (χ2n) is 4.31. The average molecular weight is 312 g/mol. The Kier molecular flexibility index (Phi) is 8.72. The van der Waals surface area contributed by atoms with Gasteiger partial charge in [0.25, 0.3) is 0 Å². The molecule has 1 aromatic carbocycles. The van der Waals surface area contributed by atoms with Crippen LogP contribution in [0.3, 0.4) is 0 Å². The van der Waals surface area contributed by atoms with Gasteiger partial charge in [0.05, 0.1) is 5.56 Å². The summed E-state index contributed by atoms with van der Waals surface area (Å²) in [6.07, 6.45) is 0.839. The zero-order valence-corrected chi connectivity index (χ0v) is 11.9. The van der Waals surface area contributed by atoms with E-state index in [9.17, 15) is 14.4 Å². The number of hydrogen-bond donors (Lipinski definition) is 6. The number of anilines is 1. The van der Waals surface area contributed by atoms with Gasteiger partial charge in [0.15, 0.2) is 0 Å². The van der Waals surface area contributed by atoms with Crippen LogP contribution in [0.15, 0.2) is 24.3 Å². The van der Waals surface area contributed by atoms with Gasteiger partial charge in [-0.3, -0.25) is 4.79 Å². The Bertz CT molecular complexity index is 504. The highest BCUT2D eigenvalue weighted by Gasteiger charge is 2.09. The fraction of sp³-hybridized carbons (Fsp3) is 0.308. The third-order valence-corrected chi connectivity index (χ3v) is 2.47. The van der Waals surface area contributed by atoms with Gasteiger partial charge in [-0.05, 0) is 37.1 Å². The summed E-state index contributed by atoms with van der Waals surface area (Å²) in [4.78, 5) is 30.6. The summed E-state index contributed by atoms with van der Waals surface area (Å²) in [7, 11) is 0. The quantitative estimate of drug-likeness (QED) is 0.311. The van der Waals surface area contributed by atoms with Gasteiger partial charge < -0.3 is 32.7 Å². The maximum Gasteiger partial charge on any atom is 0.335 e. The smallest absolute Gasteiger partial charge is 0.335 e. The number of nitrogens with two attached hydrogens (primary N) is 3. The first-order valence-electron chi connectivity index (χ1n) is 6.34. The minimum Gasteiger partial charge on any atom is -0.480 e. The van der Waals surface area contributed by atoms with Crippen molar-refractivity contribution in [2.75, 3.05) is 12.3 Å². The van der Waals surface area contributed by atoms with E-state index in [1.807, 2.05) is 0 Å². The second-order valence-corrected chi connectivity index (χ2v) is 4.31. The second kappa shape index (κ2) is 10.00. The van der Waals surface area contributed by atoms with Crippen LogP contribution in [0.25, 0.3) is 0 Å². The predicted molar refractivity (Wildman–Crippen MR) is 80.2 cm³/mol. The number of carbonyl (C=O) groups is 3. The molecule has 0 aliphatic rings. The number of benzene rings is 1. The first kappa shape index (κ1) is 19.2. The maximum absolute atomic E-state index is 10.3. The highest BCUT2D eigenvalue weighted by Crippen LogP contribution is 2.04. The highest BCUT2D eigenvalue weighted by molar-refractivity contribution is 5.87. The average Bonchev–Trinajstić information content (AvgIpc) is 2.44. The predicted octanol–water partition coefficient (Wildman–Crippen LogP) is -0.186. The van der Waals surface area contributed by atoms with Crippen LogP contribution < -0.4 is 22.5 Å². The maximum atomic E-state index is 10.3. The lowest BCUT2D eigenvalue weighted by molar-refractivity contribution is -0.138. The summed E-state index contributed by atoms with van der Waals surface area (Å²) in [5, 5.41) is 19.1. The fourth-order valence-corrected chi connectivity index (χ4v) is 1.28. The largest absolute Gasteiger partial charge is 0.480 e. The molecule has 9 nitrogen and oxygen atoms in total. The molecule has 0 aromatic heterocycles. The van der Waals surface area contributed by atoms with E-state index in [2.05, 4.69) is 5.32 Å². The Morgan fingerprint density at radius 3 is 2.09 bits per heavy atom. The van der Waals surface area contributed by atoms with Crippen LogP contribution in [0, 0.1) is 0 Å². The number of aromatic carboxylic acids is 1. The summed E-state index contributed by atoms with van der Waals surface area (Å²) in [5.74, 6) is -1.96. The molecule has 0 unspecified atom stereocenters. The first-order valence-corrected chi connectivity index (χ1v) is 6.34. The number of hydrogen-bond acceptors (Lipinski definition) is 5. The van der Waals surface area contributed by atoms with E-state index in [1.54, 1.807) is 12.1 Å². The number of rotatable bonds is 6. The van der Waals surface area contributed by atoms with Crippen molar-refractivity contribution in [3.05, 3.63) is 29.8 Å². The van der Waals surface area contributed by atoms with Gasteiger partial charge >= 0.3 is 18.0 Å². The van der Waals surface area contributed by atoms with Crippen LogP contribution in [-0.4, -0.2) is 40.8 Å². The van der Waals surface area contributed by atoms with Gasteiger partial charge in [-0.1, -0.05) is 0 Å².